The largest absolute Gasteiger partial charge is 0.0683 e. The molecule has 0 atom stereocenters. The maximum absolute atomic E-state index is 2.12. The van der Waals surface area contributed by atoms with Crippen LogP contribution in [0.25, 0.3) is 0 Å². The fourth-order valence-corrected chi connectivity index (χ4v) is 0.637. The minimum atomic E-state index is 1.33. The predicted molar refractivity (Wildman–Crippen MR) is 104 cm³/mol. The molecule has 0 N–H and O–H groups in total. The normalized spacial score (nSPS) is 5.50. The first-order valence-electron chi connectivity index (χ1n) is 8.82. The van der Waals surface area contributed by atoms with Gasteiger partial charge in [0, 0.05) is 0 Å². The van der Waals surface area contributed by atoms with Crippen molar-refractivity contribution in [3.8, 4) is 0 Å². The Hall–Kier alpha value is -0.780. The molecule has 0 spiro atoms. The van der Waals surface area contributed by atoms with E-state index in [2.05, 4.69) is 38.1 Å². The number of hydrogen-bond acceptors (Lipinski definition) is 0. The Morgan fingerprint density at radius 1 is 0.350 bits per heavy atom. The second-order valence-corrected chi connectivity index (χ2v) is 2.15. The van der Waals surface area contributed by atoms with Crippen molar-refractivity contribution < 1.29 is 0 Å². The molecule has 1 rings (SSSR count). The lowest BCUT2D eigenvalue weighted by atomic mass is 10.2. The summed E-state index contributed by atoms with van der Waals surface area (Å²) in [7, 11) is 0. The van der Waals surface area contributed by atoms with Gasteiger partial charge in [-0.15, -0.1) is 0 Å². The molecule has 0 unspecified atom stereocenters. The number of benzene rings is 1. The third-order valence-corrected chi connectivity index (χ3v) is 1.22. The highest BCUT2D eigenvalue weighted by molar-refractivity contribution is 5.19. The van der Waals surface area contributed by atoms with Gasteiger partial charge in [0.15, 0.2) is 0 Å². The van der Waals surface area contributed by atoms with E-state index < -0.39 is 0 Å². The van der Waals surface area contributed by atoms with Crippen LogP contribution in [-0.4, -0.2) is 0 Å². The van der Waals surface area contributed by atoms with Crippen LogP contribution in [0.15, 0.2) is 24.3 Å². The molecule has 0 saturated heterocycles. The molecule has 0 nitrogen and oxygen atoms in total. The first kappa shape index (κ1) is 36.5. The van der Waals surface area contributed by atoms with Gasteiger partial charge in [0.1, 0.15) is 0 Å². The number of hydrogen-bond donors (Lipinski definition) is 0. The van der Waals surface area contributed by atoms with Crippen LogP contribution in [0.2, 0.25) is 0 Å². The molecule has 0 bridgehead atoms. The predicted octanol–water partition coefficient (Wildman–Crippen LogP) is 8.46. The number of aryl methyl sites for hydroxylation is 2. The molecule has 0 aliphatic rings. The second kappa shape index (κ2) is 63.6. The summed E-state index contributed by atoms with van der Waals surface area (Å²) in [6, 6.07) is 8.48. The molecule has 20 heavy (non-hydrogen) atoms. The van der Waals surface area contributed by atoms with Gasteiger partial charge in [-0.3, -0.25) is 0 Å². The number of rotatable bonds is 0. The van der Waals surface area contributed by atoms with Crippen molar-refractivity contribution in [3.63, 3.8) is 0 Å². The third kappa shape index (κ3) is 53.3. The highest BCUT2D eigenvalue weighted by Crippen LogP contribution is 1.99. The van der Waals surface area contributed by atoms with E-state index in [-0.39, 0.29) is 0 Å². The van der Waals surface area contributed by atoms with Crippen LogP contribution < -0.4 is 0 Å². The molecule has 0 aliphatic heterocycles. The summed E-state index contributed by atoms with van der Waals surface area (Å²) < 4.78 is 0. The van der Waals surface area contributed by atoms with Crippen LogP contribution in [0.5, 0.6) is 0 Å². The molecule has 0 heterocycles. The van der Waals surface area contributed by atoms with Crippen LogP contribution in [0.3, 0.4) is 0 Å². The van der Waals surface area contributed by atoms with Crippen molar-refractivity contribution in [1.82, 2.24) is 0 Å². The summed E-state index contributed by atoms with van der Waals surface area (Å²) in [6.45, 7) is 28.2. The van der Waals surface area contributed by atoms with E-state index in [0.717, 1.165) is 0 Å². The van der Waals surface area contributed by atoms with Gasteiger partial charge in [-0.2, -0.15) is 0 Å². The molecule has 126 valence electrons. The highest BCUT2D eigenvalue weighted by atomic mass is 13.9. The minimum Gasteiger partial charge on any atom is -0.0683 e. The molecular formula is C20H46. The van der Waals surface area contributed by atoms with Crippen molar-refractivity contribution in [2.45, 2.75) is 96.9 Å². The fourth-order valence-electron chi connectivity index (χ4n) is 0.637. The summed E-state index contributed by atoms with van der Waals surface area (Å²) in [4.78, 5) is 0. The molecule has 0 fully saturated rings. The molecule has 1 aromatic carbocycles. The Bertz CT molecular complexity index is 139. The summed E-state index contributed by atoms with van der Waals surface area (Å²) in [6.07, 6.45) is 0. The van der Waals surface area contributed by atoms with Crippen molar-refractivity contribution in [2.75, 3.05) is 0 Å². The van der Waals surface area contributed by atoms with Crippen LogP contribution >= 0.6 is 0 Å². The zero-order valence-corrected chi connectivity index (χ0v) is 17.3. The van der Waals surface area contributed by atoms with E-state index in [1.165, 1.54) is 11.1 Å². The van der Waals surface area contributed by atoms with Crippen molar-refractivity contribution >= 4 is 0 Å². The third-order valence-electron chi connectivity index (χ3n) is 1.22. The van der Waals surface area contributed by atoms with E-state index in [4.69, 9.17) is 0 Å². The molecule has 0 amide bonds. The maximum atomic E-state index is 2.12. The molecule has 0 radical (unpaired) electrons. The van der Waals surface area contributed by atoms with Gasteiger partial charge >= 0.3 is 0 Å². The van der Waals surface area contributed by atoms with E-state index in [0.29, 0.717) is 0 Å². The van der Waals surface area contributed by atoms with E-state index in [1.807, 2.05) is 83.1 Å². The monoisotopic (exact) mass is 286 g/mol. The van der Waals surface area contributed by atoms with Gasteiger partial charge < -0.3 is 0 Å². The lowest BCUT2D eigenvalue weighted by Gasteiger charge is -1.90. The molecule has 0 heteroatoms. The topological polar surface area (TPSA) is 0 Å². The average molecular weight is 287 g/mol. The summed E-state index contributed by atoms with van der Waals surface area (Å²) in [5, 5.41) is 0. The van der Waals surface area contributed by atoms with Crippen molar-refractivity contribution in [2.24, 2.45) is 0 Å². The van der Waals surface area contributed by atoms with Gasteiger partial charge in [0.05, 0.1) is 0 Å². The van der Waals surface area contributed by atoms with Crippen LogP contribution in [0, 0.1) is 13.8 Å². The van der Waals surface area contributed by atoms with Crippen molar-refractivity contribution in [1.29, 1.82) is 0 Å². The SMILES string of the molecule is CC.CC.CC.CC.CC.CC.Cc1ccc(C)cc1. The van der Waals surface area contributed by atoms with Crippen LogP contribution in [-0.2, 0) is 0 Å². The standard InChI is InChI=1S/C8H10.6C2H6/c1-7-3-5-8(2)6-4-7;6*1-2/h3-6H,1-2H3;6*1-2H3. The van der Waals surface area contributed by atoms with E-state index in [9.17, 15) is 0 Å². The molecular weight excluding hydrogens is 240 g/mol. The quantitative estimate of drug-likeness (QED) is 0.448. The zero-order chi connectivity index (χ0) is 18.0. The first-order chi connectivity index (χ1) is 9.79. The smallest absolute Gasteiger partial charge is 0.0398 e. The molecule has 0 aromatic heterocycles. The Kier molecular flexibility index (Phi) is 116. The second-order valence-electron chi connectivity index (χ2n) is 2.15. The van der Waals surface area contributed by atoms with Gasteiger partial charge in [0.2, 0.25) is 0 Å². The fraction of sp³-hybridized carbons (Fsp3) is 0.700. The Morgan fingerprint density at radius 2 is 0.450 bits per heavy atom. The lowest BCUT2D eigenvalue weighted by molar-refractivity contribution is 1.40. The minimum absolute atomic E-state index is 1.33. The van der Waals surface area contributed by atoms with Gasteiger partial charge in [-0.1, -0.05) is 118 Å². The maximum Gasteiger partial charge on any atom is -0.0398 e. The highest BCUT2D eigenvalue weighted by Gasteiger charge is 1.79. The molecule has 0 saturated carbocycles. The van der Waals surface area contributed by atoms with Crippen molar-refractivity contribution in [3.05, 3.63) is 35.4 Å². The van der Waals surface area contributed by atoms with E-state index in [1.54, 1.807) is 0 Å². The Balaban J connectivity index is -0.0000000350. The Labute approximate surface area is 133 Å². The zero-order valence-electron chi connectivity index (χ0n) is 17.3. The summed E-state index contributed by atoms with van der Waals surface area (Å²) in [5.41, 5.74) is 2.66. The van der Waals surface area contributed by atoms with Gasteiger partial charge in [-0.05, 0) is 13.8 Å². The van der Waals surface area contributed by atoms with Gasteiger partial charge in [0.25, 0.3) is 0 Å². The summed E-state index contributed by atoms with van der Waals surface area (Å²) in [5.74, 6) is 0. The Morgan fingerprint density at radius 3 is 0.550 bits per heavy atom. The van der Waals surface area contributed by atoms with Crippen LogP contribution in [0.1, 0.15) is 94.2 Å². The lowest BCUT2D eigenvalue weighted by Crippen LogP contribution is -1.70. The molecule has 0 aliphatic carbocycles. The van der Waals surface area contributed by atoms with E-state index >= 15 is 0 Å². The summed E-state index contributed by atoms with van der Waals surface area (Å²) >= 11 is 0. The van der Waals surface area contributed by atoms with Crippen LogP contribution in [0.4, 0.5) is 0 Å². The first-order valence-corrected chi connectivity index (χ1v) is 8.82. The molecule has 1 aromatic rings. The van der Waals surface area contributed by atoms with Gasteiger partial charge in [-0.25, -0.2) is 0 Å². The average Bonchev–Trinajstić information content (AvgIpc) is 2.61.